The molecule has 4 unspecified atom stereocenters. The summed E-state index contributed by atoms with van der Waals surface area (Å²) < 4.78 is 85.1. The monoisotopic (exact) mass is 804 g/mol. The van der Waals surface area contributed by atoms with Crippen molar-refractivity contribution in [2.45, 2.75) is 49.7 Å². The second kappa shape index (κ2) is 14.2. The molecule has 0 aliphatic carbocycles. The first-order valence-corrected chi connectivity index (χ1v) is 20.1. The summed E-state index contributed by atoms with van der Waals surface area (Å²) in [5.74, 6) is 0.0841. The largest absolute Gasteiger partial charge is 0.490 e. The van der Waals surface area contributed by atoms with Gasteiger partial charge in [0, 0.05) is 12.8 Å². The number of rotatable bonds is 14. The number of ether oxygens (including phenoxy) is 2. The van der Waals surface area contributed by atoms with E-state index in [9.17, 15) is 38.0 Å². The van der Waals surface area contributed by atoms with E-state index in [2.05, 4.69) is 43.0 Å². The molecule has 0 bridgehead atoms. The Kier molecular flexibility index (Phi) is 10.5. The minimum Gasteiger partial charge on any atom is -0.388 e. The maximum atomic E-state index is 13.2. The van der Waals surface area contributed by atoms with Crippen LogP contribution in [0, 0.1) is 0 Å². The first kappa shape index (κ1) is 37.8. The Balaban J connectivity index is 1.13. The highest BCUT2D eigenvalue weighted by atomic mass is 31.3. The summed E-state index contributed by atoms with van der Waals surface area (Å²) in [6, 6.07) is 0. The van der Waals surface area contributed by atoms with Crippen molar-refractivity contribution in [3.8, 4) is 0 Å². The number of imidazole rings is 2. The molecule has 31 heteroatoms. The smallest absolute Gasteiger partial charge is 0.388 e. The topological polar surface area (TPSA) is 394 Å². The Morgan fingerprint density at radius 3 is 1.78 bits per heavy atom. The molecule has 0 spiro atoms. The Morgan fingerprint density at radius 2 is 1.22 bits per heavy atom. The molecule has 51 heavy (non-hydrogen) atoms. The molecule has 27 nitrogen and oxygen atoms in total. The lowest BCUT2D eigenvalue weighted by Crippen LogP contribution is -2.23. The van der Waals surface area contributed by atoms with Crippen LogP contribution in [0.3, 0.4) is 0 Å². The molecule has 0 saturated carbocycles. The van der Waals surface area contributed by atoms with Gasteiger partial charge in [0.2, 0.25) is 0 Å². The van der Waals surface area contributed by atoms with Crippen molar-refractivity contribution in [1.29, 1.82) is 0 Å². The lowest BCUT2D eigenvalue weighted by atomic mass is 10.2. The predicted molar refractivity (Wildman–Crippen MR) is 163 cm³/mol. The number of nitrogen functional groups attached to an aromatic ring is 2. The average molecular weight is 804 g/mol. The number of nitrogens with two attached hydrogens (primary N) is 2. The number of aromatic nitrogens is 8. The normalized spacial score (nSPS) is 27.8. The number of aliphatic hydroxyl groups excluding tert-OH is 1. The van der Waals surface area contributed by atoms with Gasteiger partial charge in [0.1, 0.15) is 35.9 Å². The lowest BCUT2D eigenvalue weighted by molar-refractivity contribution is -0.0587. The molecular formula is C20H28N10O17P4. The summed E-state index contributed by atoms with van der Waals surface area (Å²) in [6.45, 7) is -1.45. The van der Waals surface area contributed by atoms with E-state index < -0.39 is 81.4 Å². The van der Waals surface area contributed by atoms with Crippen LogP contribution in [0.15, 0.2) is 25.3 Å². The molecule has 4 aromatic heterocycles. The highest BCUT2D eigenvalue weighted by Crippen LogP contribution is 2.66. The van der Waals surface area contributed by atoms with Crippen molar-refractivity contribution >= 4 is 65.3 Å². The van der Waals surface area contributed by atoms with Gasteiger partial charge in [0.25, 0.3) is 0 Å². The highest BCUT2D eigenvalue weighted by Gasteiger charge is 2.46. The fourth-order valence-corrected chi connectivity index (χ4v) is 9.22. The van der Waals surface area contributed by atoms with E-state index in [1.165, 1.54) is 28.1 Å². The number of aliphatic hydroxyl groups is 1. The molecule has 2 fully saturated rings. The van der Waals surface area contributed by atoms with Gasteiger partial charge in [-0.1, -0.05) is 0 Å². The molecule has 0 amide bonds. The fourth-order valence-electron chi connectivity index (χ4n) is 5.22. The maximum Gasteiger partial charge on any atom is 0.490 e. The van der Waals surface area contributed by atoms with Crippen LogP contribution in [0.25, 0.3) is 22.3 Å². The Labute approximate surface area is 283 Å². The molecule has 4 aromatic rings. The number of nitrogens with zero attached hydrogens (tertiary/aromatic N) is 8. The van der Waals surface area contributed by atoms with E-state index in [1.54, 1.807) is 0 Å². The first-order valence-electron chi connectivity index (χ1n) is 14.1. The van der Waals surface area contributed by atoms with Gasteiger partial charge in [0.15, 0.2) is 35.4 Å². The van der Waals surface area contributed by atoms with E-state index in [0.717, 1.165) is 6.33 Å². The molecule has 0 aromatic carbocycles. The van der Waals surface area contributed by atoms with Crippen LogP contribution in [-0.2, 0) is 49.9 Å². The lowest BCUT2D eigenvalue weighted by Gasteiger charge is -2.23. The number of phosphoric ester groups is 2. The standard InChI is InChI=1S/C20H28N10O17P4/c21-15-13-17(25-5-23-15)29(7-27-13)19-11(31)1-9(43-19)3-41-49(35,36)45-12-2-10(4-42-50(37,38)47-51(39,40)46-48(32,33)34)44-20(12)30-8-28-14-16(22)24-6-26-18(14)30/h5-12,19-20,31H,1-4H2,(H,35,36)(H,37,38)(H,39,40)(H2,21,23,25)(H2,22,24,26)(H2,32,33,34)/t9-,10-,11+,12?,19+,20+/m0/s1. The molecule has 6 heterocycles. The molecule has 9 atom stereocenters. The van der Waals surface area contributed by atoms with Gasteiger partial charge in [-0.15, -0.1) is 0 Å². The van der Waals surface area contributed by atoms with Gasteiger partial charge >= 0.3 is 31.3 Å². The minimum absolute atomic E-state index is 0.0220. The molecule has 0 radical (unpaired) electrons. The molecule has 280 valence electrons. The summed E-state index contributed by atoms with van der Waals surface area (Å²) in [6.07, 6.45) is -2.66. The van der Waals surface area contributed by atoms with Gasteiger partial charge in [-0.25, -0.2) is 48.2 Å². The van der Waals surface area contributed by atoms with Crippen molar-refractivity contribution in [3.05, 3.63) is 25.3 Å². The number of hydrogen-bond acceptors (Lipinski definition) is 20. The quantitative estimate of drug-likeness (QED) is 0.0752. The fraction of sp³-hybridized carbons (Fsp3) is 0.500. The third-order valence-electron chi connectivity index (χ3n) is 7.16. The van der Waals surface area contributed by atoms with E-state index in [0.29, 0.717) is 0 Å². The van der Waals surface area contributed by atoms with Gasteiger partial charge in [-0.3, -0.25) is 22.7 Å². The van der Waals surface area contributed by atoms with Crippen molar-refractivity contribution < 1.29 is 79.5 Å². The summed E-state index contributed by atoms with van der Waals surface area (Å²) in [7, 11) is -22.0. The zero-order chi connectivity index (χ0) is 36.9. The van der Waals surface area contributed by atoms with E-state index in [4.69, 9.17) is 39.8 Å². The number of fused-ring (bicyclic) bond motifs is 2. The Bertz CT molecular complexity index is 2110. The second-order valence-corrected chi connectivity index (χ2v) is 16.6. The minimum atomic E-state index is -5.81. The molecule has 6 rings (SSSR count). The van der Waals surface area contributed by atoms with E-state index >= 15 is 0 Å². The third-order valence-corrected chi connectivity index (χ3v) is 12.0. The summed E-state index contributed by atoms with van der Waals surface area (Å²) in [5, 5.41) is 10.7. The van der Waals surface area contributed by atoms with Crippen LogP contribution in [0.4, 0.5) is 11.6 Å². The van der Waals surface area contributed by atoms with Crippen LogP contribution in [0.2, 0.25) is 0 Å². The zero-order valence-corrected chi connectivity index (χ0v) is 28.9. The third kappa shape index (κ3) is 8.84. The summed E-state index contributed by atoms with van der Waals surface area (Å²) in [5.41, 5.74) is 12.4. The van der Waals surface area contributed by atoms with E-state index in [-0.39, 0.29) is 46.8 Å². The number of hydrogen-bond donors (Lipinski definition) is 8. The average Bonchev–Trinajstić information content (AvgIpc) is 3.79. The van der Waals surface area contributed by atoms with E-state index in [1.807, 2.05) is 0 Å². The van der Waals surface area contributed by atoms with Crippen LogP contribution in [0.5, 0.6) is 0 Å². The maximum absolute atomic E-state index is 13.2. The number of anilines is 2. The van der Waals surface area contributed by atoms with Gasteiger partial charge < -0.3 is 50.5 Å². The van der Waals surface area contributed by atoms with Gasteiger partial charge in [-0.2, -0.15) is 8.62 Å². The first-order chi connectivity index (χ1) is 23.8. The van der Waals surface area contributed by atoms with Crippen LogP contribution < -0.4 is 11.5 Å². The van der Waals surface area contributed by atoms with Crippen LogP contribution in [-0.4, -0.2) is 106 Å². The van der Waals surface area contributed by atoms with Gasteiger partial charge in [0.05, 0.1) is 38.1 Å². The second-order valence-electron chi connectivity index (χ2n) is 10.8. The zero-order valence-electron chi connectivity index (χ0n) is 25.3. The molecule has 2 saturated heterocycles. The summed E-state index contributed by atoms with van der Waals surface area (Å²) in [4.78, 5) is 71.5. The predicted octanol–water partition coefficient (Wildman–Crippen LogP) is -0.388. The van der Waals surface area contributed by atoms with Crippen molar-refractivity contribution in [2.75, 3.05) is 24.7 Å². The Hall–Kier alpha value is -2.90. The molecule has 2 aliphatic rings. The van der Waals surface area contributed by atoms with Gasteiger partial charge in [-0.05, 0) is 0 Å². The Morgan fingerprint density at radius 1 is 0.706 bits per heavy atom. The van der Waals surface area contributed by atoms with Crippen molar-refractivity contribution in [1.82, 2.24) is 39.0 Å². The molecule has 2 aliphatic heterocycles. The van der Waals surface area contributed by atoms with Crippen molar-refractivity contribution in [3.63, 3.8) is 0 Å². The molecule has 10 N–H and O–H groups in total. The SMILES string of the molecule is Nc1ncnc2c1ncn2[C@@H]1O[C@H](COP(=O)(O)OP(=O)(O)OP(=O)(O)O)CC1OP(=O)(O)OC[C@@H]1C[C@@H](O)[C@H](n2cnc3c(N)ncnc32)O1. The summed E-state index contributed by atoms with van der Waals surface area (Å²) >= 11 is 0. The molecular weight excluding hydrogens is 776 g/mol. The van der Waals surface area contributed by atoms with Crippen LogP contribution >= 0.6 is 31.3 Å². The highest BCUT2D eigenvalue weighted by molar-refractivity contribution is 7.66. The van der Waals surface area contributed by atoms with Crippen LogP contribution in [0.1, 0.15) is 25.3 Å². The number of phosphoric acid groups is 4. The van der Waals surface area contributed by atoms with Crippen molar-refractivity contribution in [2.24, 2.45) is 0 Å².